The van der Waals surface area contributed by atoms with Crippen LogP contribution in [0, 0.1) is 0 Å². The first-order valence-corrected chi connectivity index (χ1v) is 8.10. The summed E-state index contributed by atoms with van der Waals surface area (Å²) in [5.41, 5.74) is 0.634. The van der Waals surface area contributed by atoms with Crippen molar-refractivity contribution in [1.29, 1.82) is 0 Å². The van der Waals surface area contributed by atoms with Gasteiger partial charge in [-0.25, -0.2) is 9.66 Å². The van der Waals surface area contributed by atoms with E-state index in [-0.39, 0.29) is 5.56 Å². The van der Waals surface area contributed by atoms with Gasteiger partial charge in [-0.15, -0.1) is 11.3 Å². The molecule has 0 spiro atoms. The van der Waals surface area contributed by atoms with Crippen LogP contribution in [0.25, 0.3) is 10.2 Å². The second-order valence-electron chi connectivity index (χ2n) is 5.22. The van der Waals surface area contributed by atoms with Gasteiger partial charge in [-0.05, 0) is 30.7 Å². The molecule has 2 heterocycles. The minimum Gasteiger partial charge on any atom is -0.267 e. The topological polar surface area (TPSA) is 64.0 Å². The summed E-state index contributed by atoms with van der Waals surface area (Å²) in [4.78, 5) is 30.2. The van der Waals surface area contributed by atoms with Crippen molar-refractivity contribution in [3.8, 4) is 0 Å². The van der Waals surface area contributed by atoms with Crippen molar-refractivity contribution in [2.24, 2.45) is 0 Å². The van der Waals surface area contributed by atoms with E-state index in [0.717, 1.165) is 40.5 Å². The SMILES string of the molecule is CCc1cc2c(=O)n(NC(=O)c3cccc(C(F)(F)F)c3)cnc2s1. The van der Waals surface area contributed by atoms with Gasteiger partial charge in [0.25, 0.3) is 11.5 Å². The van der Waals surface area contributed by atoms with Crippen molar-refractivity contribution >= 4 is 27.5 Å². The molecule has 1 aromatic carbocycles. The van der Waals surface area contributed by atoms with E-state index in [9.17, 15) is 22.8 Å². The number of rotatable bonds is 3. The van der Waals surface area contributed by atoms with Crippen LogP contribution in [0.1, 0.15) is 27.7 Å². The summed E-state index contributed by atoms with van der Waals surface area (Å²) in [6.45, 7) is 1.94. The number of hydrogen-bond acceptors (Lipinski definition) is 4. The van der Waals surface area contributed by atoms with E-state index in [1.165, 1.54) is 17.4 Å². The van der Waals surface area contributed by atoms with Crippen molar-refractivity contribution in [3.05, 3.63) is 63.0 Å². The van der Waals surface area contributed by atoms with Crippen molar-refractivity contribution in [3.63, 3.8) is 0 Å². The van der Waals surface area contributed by atoms with Crippen LogP contribution in [-0.4, -0.2) is 15.6 Å². The molecule has 0 aliphatic heterocycles. The fraction of sp³-hybridized carbons (Fsp3) is 0.188. The lowest BCUT2D eigenvalue weighted by Gasteiger charge is -2.10. The standard InChI is InChI=1S/C16H12F3N3O2S/c1-2-11-7-12-14(25-11)20-8-22(15(12)24)21-13(23)9-4-3-5-10(6-9)16(17,18)19/h3-8H,2H2,1H3,(H,21,23). The maximum atomic E-state index is 12.7. The van der Waals surface area contributed by atoms with Crippen molar-refractivity contribution in [1.82, 2.24) is 9.66 Å². The zero-order valence-electron chi connectivity index (χ0n) is 12.9. The number of fused-ring (bicyclic) bond motifs is 1. The summed E-state index contributed by atoms with van der Waals surface area (Å²) in [5.74, 6) is -0.833. The first-order valence-electron chi connectivity index (χ1n) is 7.28. The molecular formula is C16H12F3N3O2S. The highest BCUT2D eigenvalue weighted by Crippen LogP contribution is 2.29. The number of nitrogens with one attached hydrogen (secondary N) is 1. The first-order chi connectivity index (χ1) is 11.8. The lowest BCUT2D eigenvalue weighted by molar-refractivity contribution is -0.137. The van der Waals surface area contributed by atoms with Crippen LogP contribution >= 0.6 is 11.3 Å². The van der Waals surface area contributed by atoms with Crippen molar-refractivity contribution in [2.75, 3.05) is 5.43 Å². The van der Waals surface area contributed by atoms with E-state index in [0.29, 0.717) is 10.2 Å². The molecule has 0 radical (unpaired) electrons. The van der Waals surface area contributed by atoms with Gasteiger partial charge in [-0.3, -0.25) is 15.0 Å². The van der Waals surface area contributed by atoms with Gasteiger partial charge in [0.1, 0.15) is 11.2 Å². The Balaban J connectivity index is 1.92. The van der Waals surface area contributed by atoms with E-state index >= 15 is 0 Å². The fourth-order valence-electron chi connectivity index (χ4n) is 2.24. The lowest BCUT2D eigenvalue weighted by atomic mass is 10.1. The molecule has 0 aliphatic rings. The Hall–Kier alpha value is -2.68. The third-order valence-corrected chi connectivity index (χ3v) is 4.71. The van der Waals surface area contributed by atoms with E-state index in [1.54, 1.807) is 6.07 Å². The third kappa shape index (κ3) is 3.41. The molecule has 2 aromatic heterocycles. The molecule has 1 N–H and O–H groups in total. The maximum Gasteiger partial charge on any atom is 0.416 e. The Morgan fingerprint density at radius 3 is 2.76 bits per heavy atom. The van der Waals surface area contributed by atoms with Crippen LogP contribution in [0.5, 0.6) is 0 Å². The number of carbonyl (C=O) groups excluding carboxylic acids is 1. The minimum absolute atomic E-state index is 0.207. The number of halogens is 3. The van der Waals surface area contributed by atoms with Gasteiger partial charge >= 0.3 is 6.18 Å². The van der Waals surface area contributed by atoms with Crippen LogP contribution in [0.15, 0.2) is 41.5 Å². The average Bonchev–Trinajstić information content (AvgIpc) is 3.01. The smallest absolute Gasteiger partial charge is 0.267 e. The van der Waals surface area contributed by atoms with E-state index in [1.807, 2.05) is 6.92 Å². The predicted octanol–water partition coefficient (Wildman–Crippen LogP) is 3.42. The van der Waals surface area contributed by atoms with Crippen molar-refractivity contribution in [2.45, 2.75) is 19.5 Å². The summed E-state index contributed by atoms with van der Waals surface area (Å²) in [7, 11) is 0. The Labute approximate surface area is 143 Å². The van der Waals surface area contributed by atoms with Crippen LogP contribution in [0.3, 0.4) is 0 Å². The summed E-state index contributed by atoms with van der Waals surface area (Å²) in [6, 6.07) is 5.66. The Kier molecular flexibility index (Phi) is 4.34. The second kappa shape index (κ2) is 6.32. The molecule has 3 rings (SSSR count). The molecule has 0 bridgehead atoms. The van der Waals surface area contributed by atoms with Gasteiger partial charge < -0.3 is 0 Å². The highest BCUT2D eigenvalue weighted by molar-refractivity contribution is 7.18. The number of carbonyl (C=O) groups is 1. The van der Waals surface area contributed by atoms with Crippen LogP contribution in [-0.2, 0) is 12.6 Å². The van der Waals surface area contributed by atoms with E-state index in [4.69, 9.17) is 0 Å². The Morgan fingerprint density at radius 2 is 2.08 bits per heavy atom. The molecule has 0 fully saturated rings. The second-order valence-corrected chi connectivity index (χ2v) is 6.34. The number of thiophene rings is 1. The summed E-state index contributed by atoms with van der Waals surface area (Å²) >= 11 is 1.38. The van der Waals surface area contributed by atoms with Crippen LogP contribution in [0.4, 0.5) is 13.2 Å². The Morgan fingerprint density at radius 1 is 1.32 bits per heavy atom. The summed E-state index contributed by atoms with van der Waals surface area (Å²) in [6.07, 6.45) is -2.66. The number of benzene rings is 1. The molecule has 0 atom stereocenters. The molecule has 0 saturated heterocycles. The third-order valence-electron chi connectivity index (χ3n) is 3.53. The average molecular weight is 367 g/mol. The van der Waals surface area contributed by atoms with E-state index in [2.05, 4.69) is 10.4 Å². The zero-order valence-corrected chi connectivity index (χ0v) is 13.7. The van der Waals surface area contributed by atoms with E-state index < -0.39 is 23.2 Å². The molecule has 25 heavy (non-hydrogen) atoms. The fourth-order valence-corrected chi connectivity index (χ4v) is 3.16. The lowest BCUT2D eigenvalue weighted by Crippen LogP contribution is -2.33. The molecule has 3 aromatic rings. The highest BCUT2D eigenvalue weighted by atomic mass is 32.1. The zero-order chi connectivity index (χ0) is 18.2. The molecule has 130 valence electrons. The number of hydrogen-bond donors (Lipinski definition) is 1. The molecule has 9 heteroatoms. The largest absolute Gasteiger partial charge is 0.416 e. The van der Waals surface area contributed by atoms with Crippen molar-refractivity contribution < 1.29 is 18.0 Å². The summed E-state index contributed by atoms with van der Waals surface area (Å²) in [5, 5.41) is 0.355. The number of aromatic nitrogens is 2. The quantitative estimate of drug-likeness (QED) is 0.772. The molecule has 0 saturated carbocycles. The van der Waals surface area contributed by atoms with Crippen LogP contribution < -0.4 is 11.0 Å². The Bertz CT molecular complexity index is 1010. The molecule has 0 aliphatic carbocycles. The normalized spacial score (nSPS) is 11.7. The highest BCUT2D eigenvalue weighted by Gasteiger charge is 2.30. The molecule has 1 amide bonds. The minimum atomic E-state index is -4.55. The number of aryl methyl sites for hydroxylation is 1. The molecule has 5 nitrogen and oxygen atoms in total. The predicted molar refractivity (Wildman–Crippen MR) is 88.4 cm³/mol. The first kappa shape index (κ1) is 17.2. The van der Waals surface area contributed by atoms with Gasteiger partial charge in [0.15, 0.2) is 0 Å². The molecule has 0 unspecified atom stereocenters. The molecular weight excluding hydrogens is 355 g/mol. The van der Waals surface area contributed by atoms with Gasteiger partial charge in [0.05, 0.1) is 10.9 Å². The van der Waals surface area contributed by atoms with Gasteiger partial charge in [0.2, 0.25) is 0 Å². The van der Waals surface area contributed by atoms with Gasteiger partial charge in [-0.2, -0.15) is 13.2 Å². The number of alkyl halides is 3. The van der Waals surface area contributed by atoms with Gasteiger partial charge in [-0.1, -0.05) is 13.0 Å². The number of amides is 1. The van der Waals surface area contributed by atoms with Crippen LogP contribution in [0.2, 0.25) is 0 Å². The van der Waals surface area contributed by atoms with Gasteiger partial charge in [0, 0.05) is 10.4 Å². The maximum absolute atomic E-state index is 12.7. The summed E-state index contributed by atoms with van der Waals surface area (Å²) < 4.78 is 39.1. The monoisotopic (exact) mass is 367 g/mol. The number of nitrogens with zero attached hydrogens (tertiary/aromatic N) is 2.